The molecule has 98 valence electrons. The lowest BCUT2D eigenvalue weighted by molar-refractivity contribution is 0.177. The maximum atomic E-state index is 6.07. The summed E-state index contributed by atoms with van der Waals surface area (Å²) < 4.78 is 0. The molecule has 0 bridgehead atoms. The highest BCUT2D eigenvalue weighted by Crippen LogP contribution is 2.34. The molecule has 2 heteroatoms. The molecule has 3 rings (SSSR count). The maximum absolute atomic E-state index is 6.07. The first-order valence-corrected chi connectivity index (χ1v) is 7.38. The van der Waals surface area contributed by atoms with Crippen LogP contribution in [0.1, 0.15) is 43.7 Å². The van der Waals surface area contributed by atoms with Crippen LogP contribution < -0.4 is 5.73 Å². The molecule has 1 heterocycles. The first-order valence-electron chi connectivity index (χ1n) is 7.38. The van der Waals surface area contributed by atoms with E-state index in [0.29, 0.717) is 0 Å². The van der Waals surface area contributed by atoms with Gasteiger partial charge in [-0.1, -0.05) is 25.5 Å². The zero-order valence-corrected chi connectivity index (χ0v) is 11.4. The Morgan fingerprint density at radius 3 is 3.00 bits per heavy atom. The third kappa shape index (κ3) is 2.14. The molecular weight excluding hydrogens is 220 g/mol. The fourth-order valence-corrected chi connectivity index (χ4v) is 3.72. The molecule has 18 heavy (non-hydrogen) atoms. The fourth-order valence-electron chi connectivity index (χ4n) is 3.72. The standard InChI is InChI=1S/C16H24N2/c1-2-12-6-7-14(10-12)18-9-8-15-13(11-18)4-3-5-16(15)17/h3-5,12,14H,2,6-11,17H2,1H3. The van der Waals surface area contributed by atoms with Gasteiger partial charge in [-0.15, -0.1) is 0 Å². The average Bonchev–Trinajstić information content (AvgIpc) is 2.87. The van der Waals surface area contributed by atoms with Crippen LogP contribution in [0, 0.1) is 5.92 Å². The summed E-state index contributed by atoms with van der Waals surface area (Å²) in [5.41, 5.74) is 9.92. The number of fused-ring (bicyclic) bond motifs is 1. The van der Waals surface area contributed by atoms with E-state index in [0.717, 1.165) is 30.6 Å². The van der Waals surface area contributed by atoms with E-state index in [1.807, 2.05) is 6.07 Å². The van der Waals surface area contributed by atoms with Crippen LogP contribution in [0.15, 0.2) is 18.2 Å². The molecule has 1 saturated carbocycles. The largest absolute Gasteiger partial charge is 0.398 e. The lowest BCUT2D eigenvalue weighted by atomic mass is 9.96. The summed E-state index contributed by atoms with van der Waals surface area (Å²) in [5.74, 6) is 0.970. The Morgan fingerprint density at radius 2 is 2.22 bits per heavy atom. The van der Waals surface area contributed by atoms with Crippen molar-refractivity contribution in [1.29, 1.82) is 0 Å². The van der Waals surface area contributed by atoms with Crippen LogP contribution in [0.25, 0.3) is 0 Å². The summed E-state index contributed by atoms with van der Waals surface area (Å²) in [6.45, 7) is 4.64. The number of hydrogen-bond donors (Lipinski definition) is 1. The van der Waals surface area contributed by atoms with Crippen molar-refractivity contribution in [3.8, 4) is 0 Å². The van der Waals surface area contributed by atoms with E-state index in [1.54, 1.807) is 0 Å². The summed E-state index contributed by atoms with van der Waals surface area (Å²) in [7, 11) is 0. The van der Waals surface area contributed by atoms with Crippen molar-refractivity contribution in [3.63, 3.8) is 0 Å². The molecule has 1 aromatic carbocycles. The van der Waals surface area contributed by atoms with Crippen LogP contribution in [0.2, 0.25) is 0 Å². The second kappa shape index (κ2) is 4.93. The first kappa shape index (κ1) is 12.0. The molecule has 0 saturated heterocycles. The summed E-state index contributed by atoms with van der Waals surface area (Å²) in [5, 5.41) is 0. The van der Waals surface area contributed by atoms with Crippen molar-refractivity contribution in [2.45, 2.75) is 51.6 Å². The minimum Gasteiger partial charge on any atom is -0.398 e. The Labute approximate surface area is 110 Å². The highest BCUT2D eigenvalue weighted by molar-refractivity contribution is 5.51. The van der Waals surface area contributed by atoms with Gasteiger partial charge < -0.3 is 5.73 Å². The van der Waals surface area contributed by atoms with Crippen molar-refractivity contribution in [2.24, 2.45) is 5.92 Å². The second-order valence-corrected chi connectivity index (χ2v) is 5.95. The normalized spacial score (nSPS) is 28.3. The maximum Gasteiger partial charge on any atom is 0.0350 e. The van der Waals surface area contributed by atoms with E-state index >= 15 is 0 Å². The van der Waals surface area contributed by atoms with Gasteiger partial charge in [0.25, 0.3) is 0 Å². The van der Waals surface area contributed by atoms with E-state index in [4.69, 9.17) is 5.73 Å². The number of anilines is 1. The van der Waals surface area contributed by atoms with Gasteiger partial charge >= 0.3 is 0 Å². The van der Waals surface area contributed by atoms with Crippen LogP contribution in [0.5, 0.6) is 0 Å². The van der Waals surface area contributed by atoms with Crippen molar-refractivity contribution < 1.29 is 0 Å². The number of hydrogen-bond acceptors (Lipinski definition) is 2. The molecule has 1 aromatic rings. The highest BCUT2D eigenvalue weighted by atomic mass is 15.2. The van der Waals surface area contributed by atoms with Crippen molar-refractivity contribution >= 4 is 5.69 Å². The molecule has 1 aliphatic heterocycles. The SMILES string of the molecule is CCC1CCC(N2CCc3c(N)cccc3C2)C1. The number of nitrogens with zero attached hydrogens (tertiary/aromatic N) is 1. The number of rotatable bonds is 2. The molecule has 1 aliphatic carbocycles. The Morgan fingerprint density at radius 1 is 1.33 bits per heavy atom. The van der Waals surface area contributed by atoms with Gasteiger partial charge in [-0.3, -0.25) is 4.90 Å². The summed E-state index contributed by atoms with van der Waals surface area (Å²) in [6, 6.07) is 7.21. The Hall–Kier alpha value is -1.02. The zero-order chi connectivity index (χ0) is 12.5. The third-order valence-electron chi connectivity index (χ3n) is 4.94. The van der Waals surface area contributed by atoms with Crippen molar-refractivity contribution in [3.05, 3.63) is 29.3 Å². The van der Waals surface area contributed by atoms with Crippen LogP contribution in [-0.2, 0) is 13.0 Å². The summed E-state index contributed by atoms with van der Waals surface area (Å²) >= 11 is 0. The topological polar surface area (TPSA) is 29.3 Å². The van der Waals surface area contributed by atoms with Gasteiger partial charge in [0.2, 0.25) is 0 Å². The Bertz CT molecular complexity index is 427. The van der Waals surface area contributed by atoms with Crippen LogP contribution >= 0.6 is 0 Å². The lowest BCUT2D eigenvalue weighted by Gasteiger charge is -2.34. The lowest BCUT2D eigenvalue weighted by Crippen LogP contribution is -2.38. The molecule has 2 aliphatic rings. The fraction of sp³-hybridized carbons (Fsp3) is 0.625. The van der Waals surface area contributed by atoms with E-state index < -0.39 is 0 Å². The van der Waals surface area contributed by atoms with Crippen LogP contribution in [0.3, 0.4) is 0 Å². The third-order valence-corrected chi connectivity index (χ3v) is 4.94. The first-order chi connectivity index (χ1) is 8.78. The zero-order valence-electron chi connectivity index (χ0n) is 11.4. The Kier molecular flexibility index (Phi) is 3.29. The Balaban J connectivity index is 1.72. The van der Waals surface area contributed by atoms with E-state index in [-0.39, 0.29) is 0 Å². The molecule has 2 atom stereocenters. The van der Waals surface area contributed by atoms with Gasteiger partial charge in [0, 0.05) is 24.8 Å². The molecule has 0 radical (unpaired) electrons. The van der Waals surface area contributed by atoms with Crippen molar-refractivity contribution in [1.82, 2.24) is 4.90 Å². The van der Waals surface area contributed by atoms with E-state index in [2.05, 4.69) is 24.0 Å². The quantitative estimate of drug-likeness (QED) is 0.809. The second-order valence-electron chi connectivity index (χ2n) is 5.95. The predicted molar refractivity (Wildman–Crippen MR) is 76.4 cm³/mol. The minimum absolute atomic E-state index is 0.824. The highest BCUT2D eigenvalue weighted by Gasteiger charge is 2.30. The summed E-state index contributed by atoms with van der Waals surface area (Å²) in [6.07, 6.45) is 6.73. The molecule has 2 nitrogen and oxygen atoms in total. The molecule has 1 fully saturated rings. The molecule has 0 spiro atoms. The van der Waals surface area contributed by atoms with E-state index in [9.17, 15) is 0 Å². The molecular formula is C16H24N2. The van der Waals surface area contributed by atoms with Crippen LogP contribution in [0.4, 0.5) is 5.69 Å². The monoisotopic (exact) mass is 244 g/mol. The molecule has 2 unspecified atom stereocenters. The minimum atomic E-state index is 0.824. The number of nitrogen functional groups attached to an aromatic ring is 1. The van der Waals surface area contributed by atoms with Gasteiger partial charge in [-0.25, -0.2) is 0 Å². The molecule has 0 amide bonds. The van der Waals surface area contributed by atoms with Gasteiger partial charge in [-0.2, -0.15) is 0 Å². The van der Waals surface area contributed by atoms with Gasteiger partial charge in [0.05, 0.1) is 0 Å². The molecule has 2 N–H and O–H groups in total. The number of benzene rings is 1. The molecule has 0 aromatic heterocycles. The van der Waals surface area contributed by atoms with Gasteiger partial charge in [-0.05, 0) is 48.8 Å². The predicted octanol–water partition coefficient (Wildman–Crippen LogP) is 3.21. The summed E-state index contributed by atoms with van der Waals surface area (Å²) in [4.78, 5) is 2.69. The van der Waals surface area contributed by atoms with Gasteiger partial charge in [0.1, 0.15) is 0 Å². The van der Waals surface area contributed by atoms with Crippen molar-refractivity contribution in [2.75, 3.05) is 12.3 Å². The van der Waals surface area contributed by atoms with Gasteiger partial charge in [0.15, 0.2) is 0 Å². The van der Waals surface area contributed by atoms with E-state index in [1.165, 1.54) is 43.4 Å². The van der Waals surface area contributed by atoms with Crippen LogP contribution in [-0.4, -0.2) is 17.5 Å². The average molecular weight is 244 g/mol. The smallest absolute Gasteiger partial charge is 0.0350 e. The number of nitrogens with two attached hydrogens (primary N) is 1.